The average molecular weight is 268 g/mol. The molecule has 2 rings (SSSR count). The Labute approximate surface area is 113 Å². The van der Waals surface area contributed by atoms with Gasteiger partial charge in [0.05, 0.1) is 12.1 Å². The van der Waals surface area contributed by atoms with Gasteiger partial charge < -0.3 is 9.64 Å². The quantitative estimate of drug-likeness (QED) is 0.840. The average Bonchev–Trinajstić information content (AvgIpc) is 2.90. The van der Waals surface area contributed by atoms with E-state index in [-0.39, 0.29) is 5.91 Å². The lowest BCUT2D eigenvalue weighted by molar-refractivity contribution is -0.130. The van der Waals surface area contributed by atoms with Crippen LogP contribution in [0.25, 0.3) is 0 Å². The molecule has 3 nitrogen and oxygen atoms in total. The van der Waals surface area contributed by atoms with Crippen LogP contribution in [0.15, 0.2) is 18.2 Å². The summed E-state index contributed by atoms with van der Waals surface area (Å²) in [6.45, 7) is 1.84. The van der Waals surface area contributed by atoms with Crippen molar-refractivity contribution in [2.24, 2.45) is 0 Å². The van der Waals surface area contributed by atoms with Gasteiger partial charge >= 0.3 is 0 Å². The number of aryl methyl sites for hydroxylation is 1. The number of hydrogen-bond donors (Lipinski definition) is 0. The molecule has 0 spiro atoms. The van der Waals surface area contributed by atoms with E-state index in [1.807, 2.05) is 23.1 Å². The zero-order valence-corrected chi connectivity index (χ0v) is 11.4. The molecule has 0 radical (unpaired) electrons. The van der Waals surface area contributed by atoms with Crippen LogP contribution in [-0.4, -0.2) is 31.0 Å². The van der Waals surface area contributed by atoms with Crippen LogP contribution in [0.2, 0.25) is 5.02 Å². The van der Waals surface area contributed by atoms with Gasteiger partial charge in [-0.25, -0.2) is 0 Å². The molecule has 0 N–H and O–H groups in total. The number of ether oxygens (including phenoxy) is 1. The van der Waals surface area contributed by atoms with Crippen molar-refractivity contribution >= 4 is 17.5 Å². The molecule has 0 unspecified atom stereocenters. The van der Waals surface area contributed by atoms with Crippen LogP contribution in [0.1, 0.15) is 24.8 Å². The fourth-order valence-corrected chi connectivity index (χ4v) is 2.52. The molecule has 0 aromatic heterocycles. The Morgan fingerprint density at radius 1 is 1.39 bits per heavy atom. The highest BCUT2D eigenvalue weighted by atomic mass is 35.5. The summed E-state index contributed by atoms with van der Waals surface area (Å²) >= 11 is 6.05. The first-order valence-corrected chi connectivity index (χ1v) is 6.68. The smallest absolute Gasteiger partial charge is 0.222 e. The number of methoxy groups -OCH3 is 1. The predicted molar refractivity (Wildman–Crippen MR) is 72.1 cm³/mol. The third-order valence-electron chi connectivity index (χ3n) is 3.30. The van der Waals surface area contributed by atoms with Gasteiger partial charge in [-0.2, -0.15) is 0 Å². The van der Waals surface area contributed by atoms with E-state index in [9.17, 15) is 4.79 Å². The molecule has 1 fully saturated rings. The Hall–Kier alpha value is -1.22. The molecule has 0 saturated carbocycles. The predicted octanol–water partition coefficient (Wildman–Crippen LogP) is 2.90. The van der Waals surface area contributed by atoms with E-state index in [1.165, 1.54) is 0 Å². The van der Waals surface area contributed by atoms with Gasteiger partial charge in [0.2, 0.25) is 5.91 Å². The number of hydrogen-bond acceptors (Lipinski definition) is 2. The lowest BCUT2D eigenvalue weighted by atomic mass is 10.1. The standard InChI is InChI=1S/C14H18ClNO2/c1-18-13-6-4-11(10-12(13)15)5-7-14(17)16-8-2-3-9-16/h4,6,10H,2-3,5,7-9H2,1H3. The maximum atomic E-state index is 11.9. The Kier molecular flexibility index (Phi) is 4.48. The van der Waals surface area contributed by atoms with Crippen molar-refractivity contribution in [2.45, 2.75) is 25.7 Å². The van der Waals surface area contributed by atoms with E-state index in [2.05, 4.69) is 0 Å². The molecule has 1 aliphatic heterocycles. The summed E-state index contributed by atoms with van der Waals surface area (Å²) in [5.41, 5.74) is 1.08. The summed E-state index contributed by atoms with van der Waals surface area (Å²) in [7, 11) is 1.60. The molecule has 4 heteroatoms. The third kappa shape index (κ3) is 3.16. The fraction of sp³-hybridized carbons (Fsp3) is 0.500. The molecule has 1 aliphatic rings. The monoisotopic (exact) mass is 267 g/mol. The lowest BCUT2D eigenvalue weighted by Crippen LogP contribution is -2.27. The van der Waals surface area contributed by atoms with E-state index in [0.717, 1.165) is 37.9 Å². The molecule has 1 heterocycles. The maximum Gasteiger partial charge on any atom is 0.222 e. The van der Waals surface area contributed by atoms with Crippen molar-refractivity contribution in [3.63, 3.8) is 0 Å². The van der Waals surface area contributed by atoms with Crippen molar-refractivity contribution in [1.29, 1.82) is 0 Å². The van der Waals surface area contributed by atoms with Crippen LogP contribution < -0.4 is 4.74 Å². The molecule has 98 valence electrons. The number of likely N-dealkylation sites (tertiary alicyclic amines) is 1. The molecule has 1 aromatic rings. The van der Waals surface area contributed by atoms with Gasteiger partial charge in [-0.15, -0.1) is 0 Å². The van der Waals surface area contributed by atoms with Crippen LogP contribution in [0, 0.1) is 0 Å². The molecule has 1 amide bonds. The minimum Gasteiger partial charge on any atom is -0.495 e. The zero-order valence-electron chi connectivity index (χ0n) is 10.6. The van der Waals surface area contributed by atoms with Crippen molar-refractivity contribution < 1.29 is 9.53 Å². The SMILES string of the molecule is COc1ccc(CCC(=O)N2CCCC2)cc1Cl. The lowest BCUT2D eigenvalue weighted by Gasteiger charge is -2.15. The van der Waals surface area contributed by atoms with Gasteiger partial charge in [0.15, 0.2) is 0 Å². The van der Waals surface area contributed by atoms with E-state index in [1.54, 1.807) is 7.11 Å². The van der Waals surface area contributed by atoms with E-state index in [0.29, 0.717) is 17.2 Å². The number of nitrogens with zero attached hydrogens (tertiary/aromatic N) is 1. The summed E-state index contributed by atoms with van der Waals surface area (Å²) in [6, 6.07) is 5.68. The fourth-order valence-electron chi connectivity index (χ4n) is 2.24. The van der Waals surface area contributed by atoms with Crippen molar-refractivity contribution in [1.82, 2.24) is 4.90 Å². The molecule has 1 saturated heterocycles. The van der Waals surface area contributed by atoms with Gasteiger partial charge in [-0.1, -0.05) is 17.7 Å². The van der Waals surface area contributed by atoms with Gasteiger partial charge in [0.1, 0.15) is 5.75 Å². The Morgan fingerprint density at radius 2 is 2.11 bits per heavy atom. The molecule has 1 aromatic carbocycles. The first-order valence-electron chi connectivity index (χ1n) is 6.31. The number of amides is 1. The molecule has 0 bridgehead atoms. The summed E-state index contributed by atoms with van der Waals surface area (Å²) in [5, 5.41) is 0.601. The van der Waals surface area contributed by atoms with Crippen molar-refractivity contribution in [2.75, 3.05) is 20.2 Å². The Morgan fingerprint density at radius 3 is 2.72 bits per heavy atom. The second-order valence-corrected chi connectivity index (χ2v) is 4.96. The number of carbonyl (C=O) groups is 1. The number of benzene rings is 1. The minimum atomic E-state index is 0.249. The zero-order chi connectivity index (χ0) is 13.0. The van der Waals surface area contributed by atoms with E-state index >= 15 is 0 Å². The number of rotatable bonds is 4. The summed E-state index contributed by atoms with van der Waals surface area (Å²) in [4.78, 5) is 13.8. The van der Waals surface area contributed by atoms with Gasteiger partial charge in [-0.3, -0.25) is 4.79 Å². The second-order valence-electron chi connectivity index (χ2n) is 4.56. The van der Waals surface area contributed by atoms with Gasteiger partial charge in [0, 0.05) is 19.5 Å². The summed E-state index contributed by atoms with van der Waals surface area (Å²) < 4.78 is 5.10. The minimum absolute atomic E-state index is 0.249. The van der Waals surface area contributed by atoms with Crippen LogP contribution in [0.3, 0.4) is 0 Å². The molecule has 18 heavy (non-hydrogen) atoms. The van der Waals surface area contributed by atoms with Crippen molar-refractivity contribution in [3.05, 3.63) is 28.8 Å². The van der Waals surface area contributed by atoms with Crippen LogP contribution in [0.4, 0.5) is 0 Å². The number of halogens is 1. The van der Waals surface area contributed by atoms with Crippen LogP contribution in [-0.2, 0) is 11.2 Å². The summed E-state index contributed by atoms with van der Waals surface area (Å²) in [5.74, 6) is 0.922. The highest BCUT2D eigenvalue weighted by molar-refractivity contribution is 6.32. The maximum absolute atomic E-state index is 11.9. The second kappa shape index (κ2) is 6.10. The largest absolute Gasteiger partial charge is 0.495 e. The van der Waals surface area contributed by atoms with Gasteiger partial charge in [-0.05, 0) is 37.0 Å². The number of carbonyl (C=O) groups excluding carboxylic acids is 1. The third-order valence-corrected chi connectivity index (χ3v) is 3.60. The molecule has 0 atom stereocenters. The normalized spacial score (nSPS) is 14.9. The van der Waals surface area contributed by atoms with Crippen LogP contribution >= 0.6 is 11.6 Å². The Bertz CT molecular complexity index is 428. The molecular formula is C14H18ClNO2. The highest BCUT2D eigenvalue weighted by Crippen LogP contribution is 2.25. The van der Waals surface area contributed by atoms with Gasteiger partial charge in [0.25, 0.3) is 0 Å². The Balaban J connectivity index is 1.89. The topological polar surface area (TPSA) is 29.5 Å². The first-order chi connectivity index (χ1) is 8.70. The van der Waals surface area contributed by atoms with E-state index in [4.69, 9.17) is 16.3 Å². The molecule has 0 aliphatic carbocycles. The van der Waals surface area contributed by atoms with E-state index < -0.39 is 0 Å². The van der Waals surface area contributed by atoms with Crippen molar-refractivity contribution in [3.8, 4) is 5.75 Å². The highest BCUT2D eigenvalue weighted by Gasteiger charge is 2.17. The summed E-state index contributed by atoms with van der Waals surface area (Å²) in [6.07, 6.45) is 3.57. The molecular weight excluding hydrogens is 250 g/mol. The first kappa shape index (κ1) is 13.2. The van der Waals surface area contributed by atoms with Crippen LogP contribution in [0.5, 0.6) is 5.75 Å².